The van der Waals surface area contributed by atoms with Crippen molar-refractivity contribution >= 4 is 12.4 Å². The van der Waals surface area contributed by atoms with Gasteiger partial charge in [0, 0.05) is 11.5 Å². The molecule has 1 aliphatic carbocycles. The van der Waals surface area contributed by atoms with Crippen LogP contribution in [0.2, 0.25) is 0 Å². The quantitative estimate of drug-likeness (QED) is 0.859. The summed E-state index contributed by atoms with van der Waals surface area (Å²) in [7, 11) is 0. The zero-order chi connectivity index (χ0) is 14.4. The van der Waals surface area contributed by atoms with Crippen LogP contribution in [0.15, 0.2) is 30.3 Å². The van der Waals surface area contributed by atoms with Crippen molar-refractivity contribution in [3.8, 4) is 0 Å². The van der Waals surface area contributed by atoms with Crippen LogP contribution in [-0.2, 0) is 16.1 Å². The molecule has 1 aromatic carbocycles. The van der Waals surface area contributed by atoms with Crippen molar-refractivity contribution in [2.24, 2.45) is 5.92 Å². The number of hydrogen-bond acceptors (Lipinski definition) is 3. The Morgan fingerprint density at radius 1 is 1.35 bits per heavy atom. The number of ether oxygens (including phenoxy) is 1. The van der Waals surface area contributed by atoms with E-state index in [9.17, 15) is 9.59 Å². The Labute approximate surface area is 119 Å². The van der Waals surface area contributed by atoms with Gasteiger partial charge >= 0.3 is 6.09 Å². The van der Waals surface area contributed by atoms with E-state index in [1.165, 1.54) is 0 Å². The summed E-state index contributed by atoms with van der Waals surface area (Å²) in [4.78, 5) is 22.6. The molecular formula is C16H21NO3. The van der Waals surface area contributed by atoms with Gasteiger partial charge in [0.25, 0.3) is 0 Å². The number of carbonyl (C=O) groups excluding carboxylic acids is 2. The van der Waals surface area contributed by atoms with Gasteiger partial charge in [-0.1, -0.05) is 30.3 Å². The molecule has 0 bridgehead atoms. The molecule has 1 amide bonds. The Bertz CT molecular complexity index is 450. The van der Waals surface area contributed by atoms with E-state index in [1.54, 1.807) is 0 Å². The molecule has 1 saturated carbocycles. The Morgan fingerprint density at radius 3 is 2.60 bits per heavy atom. The molecule has 108 valence electrons. The Balaban J connectivity index is 1.78. The molecular weight excluding hydrogens is 254 g/mol. The predicted octanol–water partition coefficient (Wildman–Crippen LogP) is 3.06. The van der Waals surface area contributed by atoms with Crippen LogP contribution >= 0.6 is 0 Å². The SMILES string of the molecule is CC1(NC(=O)OCc2ccccc2)CCC(C=O)CC1. The van der Waals surface area contributed by atoms with Crippen LogP contribution in [0.25, 0.3) is 0 Å². The third kappa shape index (κ3) is 4.08. The van der Waals surface area contributed by atoms with Gasteiger partial charge in [0.05, 0.1) is 0 Å². The van der Waals surface area contributed by atoms with Crippen molar-refractivity contribution in [2.75, 3.05) is 0 Å². The highest BCUT2D eigenvalue weighted by Gasteiger charge is 2.32. The van der Waals surface area contributed by atoms with Crippen LogP contribution in [0.3, 0.4) is 0 Å². The maximum atomic E-state index is 11.8. The van der Waals surface area contributed by atoms with E-state index >= 15 is 0 Å². The second-order valence-electron chi connectivity index (χ2n) is 5.72. The summed E-state index contributed by atoms with van der Waals surface area (Å²) >= 11 is 0. The molecule has 2 rings (SSSR count). The van der Waals surface area contributed by atoms with Gasteiger partial charge in [0.15, 0.2) is 0 Å². The summed E-state index contributed by atoms with van der Waals surface area (Å²) in [5.41, 5.74) is 0.713. The number of alkyl carbamates (subject to hydrolysis) is 1. The molecule has 0 saturated heterocycles. The van der Waals surface area contributed by atoms with Crippen LogP contribution in [0.4, 0.5) is 4.79 Å². The summed E-state index contributed by atoms with van der Waals surface area (Å²) in [6.45, 7) is 2.29. The maximum absolute atomic E-state index is 11.8. The number of rotatable bonds is 4. The largest absolute Gasteiger partial charge is 0.445 e. The molecule has 4 heteroatoms. The monoisotopic (exact) mass is 275 g/mol. The van der Waals surface area contributed by atoms with Gasteiger partial charge in [0.2, 0.25) is 0 Å². The van der Waals surface area contributed by atoms with E-state index in [2.05, 4.69) is 5.32 Å². The Morgan fingerprint density at radius 2 is 2.00 bits per heavy atom. The van der Waals surface area contributed by atoms with E-state index in [-0.39, 0.29) is 24.2 Å². The minimum absolute atomic E-state index is 0.144. The average Bonchev–Trinajstić information content (AvgIpc) is 2.47. The summed E-state index contributed by atoms with van der Waals surface area (Å²) in [5.74, 6) is 0.144. The smallest absolute Gasteiger partial charge is 0.407 e. The van der Waals surface area contributed by atoms with E-state index in [4.69, 9.17) is 4.74 Å². The molecule has 0 atom stereocenters. The van der Waals surface area contributed by atoms with Crippen LogP contribution in [0, 0.1) is 5.92 Å². The molecule has 1 aliphatic rings. The molecule has 0 aromatic heterocycles. The number of hydrogen-bond donors (Lipinski definition) is 1. The number of benzene rings is 1. The zero-order valence-electron chi connectivity index (χ0n) is 11.8. The second-order valence-corrected chi connectivity index (χ2v) is 5.72. The predicted molar refractivity (Wildman–Crippen MR) is 76.2 cm³/mol. The van der Waals surface area contributed by atoms with E-state index in [0.29, 0.717) is 0 Å². The lowest BCUT2D eigenvalue weighted by Crippen LogP contribution is -2.48. The van der Waals surface area contributed by atoms with Crippen molar-refractivity contribution in [1.29, 1.82) is 0 Å². The fourth-order valence-electron chi connectivity index (χ4n) is 2.54. The van der Waals surface area contributed by atoms with Gasteiger partial charge < -0.3 is 14.8 Å². The number of amides is 1. The van der Waals surface area contributed by atoms with E-state index in [1.807, 2.05) is 37.3 Å². The lowest BCUT2D eigenvalue weighted by atomic mass is 9.78. The topological polar surface area (TPSA) is 55.4 Å². The molecule has 0 radical (unpaired) electrons. The standard InChI is InChI=1S/C16H21NO3/c1-16(9-7-13(11-18)8-10-16)17-15(19)20-12-14-5-3-2-4-6-14/h2-6,11,13H,7-10,12H2,1H3,(H,17,19). The van der Waals surface area contributed by atoms with Crippen LogP contribution in [0.1, 0.15) is 38.2 Å². The number of nitrogens with one attached hydrogen (secondary N) is 1. The van der Waals surface area contributed by atoms with Gasteiger partial charge in [-0.3, -0.25) is 0 Å². The molecule has 0 aliphatic heterocycles. The molecule has 1 fully saturated rings. The minimum Gasteiger partial charge on any atom is -0.445 e. The number of aldehydes is 1. The van der Waals surface area contributed by atoms with Crippen LogP contribution < -0.4 is 5.32 Å². The van der Waals surface area contributed by atoms with Gasteiger partial charge in [-0.15, -0.1) is 0 Å². The lowest BCUT2D eigenvalue weighted by Gasteiger charge is -2.36. The summed E-state index contributed by atoms with van der Waals surface area (Å²) < 4.78 is 5.23. The van der Waals surface area contributed by atoms with Gasteiger partial charge in [-0.25, -0.2) is 4.79 Å². The molecule has 4 nitrogen and oxygen atoms in total. The Kier molecular flexibility index (Phi) is 4.77. The van der Waals surface area contributed by atoms with Crippen LogP contribution in [0.5, 0.6) is 0 Å². The van der Waals surface area contributed by atoms with Crippen molar-refractivity contribution < 1.29 is 14.3 Å². The first-order valence-corrected chi connectivity index (χ1v) is 7.05. The average molecular weight is 275 g/mol. The first-order valence-electron chi connectivity index (χ1n) is 7.05. The molecule has 0 heterocycles. The van der Waals surface area contributed by atoms with Crippen LogP contribution in [-0.4, -0.2) is 17.9 Å². The van der Waals surface area contributed by atoms with Gasteiger partial charge in [0.1, 0.15) is 12.9 Å². The van der Waals surface area contributed by atoms with Gasteiger partial charge in [-0.05, 0) is 38.2 Å². The molecule has 1 N–H and O–H groups in total. The minimum atomic E-state index is -0.388. The highest BCUT2D eigenvalue weighted by atomic mass is 16.5. The summed E-state index contributed by atoms with van der Waals surface area (Å²) in [6.07, 6.45) is 3.93. The van der Waals surface area contributed by atoms with Crippen molar-refractivity contribution in [1.82, 2.24) is 5.32 Å². The highest BCUT2D eigenvalue weighted by molar-refractivity contribution is 5.68. The highest BCUT2D eigenvalue weighted by Crippen LogP contribution is 2.30. The molecule has 1 aromatic rings. The first-order chi connectivity index (χ1) is 9.61. The van der Waals surface area contributed by atoms with E-state index in [0.717, 1.165) is 37.5 Å². The Hall–Kier alpha value is -1.84. The number of carbonyl (C=O) groups is 2. The maximum Gasteiger partial charge on any atom is 0.407 e. The fourth-order valence-corrected chi connectivity index (χ4v) is 2.54. The van der Waals surface area contributed by atoms with Gasteiger partial charge in [-0.2, -0.15) is 0 Å². The lowest BCUT2D eigenvalue weighted by molar-refractivity contribution is -0.112. The van der Waals surface area contributed by atoms with Crippen molar-refractivity contribution in [2.45, 2.75) is 44.8 Å². The summed E-state index contributed by atoms with van der Waals surface area (Å²) in [5, 5.41) is 2.93. The molecule has 0 unspecified atom stereocenters. The molecule has 20 heavy (non-hydrogen) atoms. The van der Waals surface area contributed by atoms with E-state index < -0.39 is 0 Å². The third-order valence-corrected chi connectivity index (χ3v) is 3.94. The fraction of sp³-hybridized carbons (Fsp3) is 0.500. The second kappa shape index (κ2) is 6.55. The van der Waals surface area contributed by atoms with Crippen molar-refractivity contribution in [3.63, 3.8) is 0 Å². The normalized spacial score (nSPS) is 25.8. The summed E-state index contributed by atoms with van der Waals surface area (Å²) in [6, 6.07) is 9.60. The molecule has 0 spiro atoms. The zero-order valence-corrected chi connectivity index (χ0v) is 11.8. The van der Waals surface area contributed by atoms with Crippen molar-refractivity contribution in [3.05, 3.63) is 35.9 Å². The first kappa shape index (κ1) is 14.6. The third-order valence-electron chi connectivity index (χ3n) is 3.94.